The van der Waals surface area contributed by atoms with Crippen LogP contribution in [0.3, 0.4) is 0 Å². The van der Waals surface area contributed by atoms with Gasteiger partial charge in [-0.15, -0.1) is 0 Å². The summed E-state index contributed by atoms with van der Waals surface area (Å²) in [4.78, 5) is 22.4. The Morgan fingerprint density at radius 3 is 2.23 bits per heavy atom. The highest BCUT2D eigenvalue weighted by molar-refractivity contribution is 5.90. The van der Waals surface area contributed by atoms with Gasteiger partial charge < -0.3 is 20.7 Å². The molecule has 1 unspecified atom stereocenters. The van der Waals surface area contributed by atoms with Gasteiger partial charge in [0.2, 0.25) is 0 Å². The molecule has 0 aromatic heterocycles. The number of rotatable bonds is 6. The number of benzene rings is 1. The van der Waals surface area contributed by atoms with Crippen molar-refractivity contribution in [1.29, 1.82) is 0 Å². The molecular weight excluding hydrogens is 286 g/mol. The van der Waals surface area contributed by atoms with E-state index in [9.17, 15) is 14.7 Å². The van der Waals surface area contributed by atoms with Crippen LogP contribution in [0, 0.1) is 0 Å². The largest absolute Gasteiger partial charge is 0.480 e. The number of hydrogen-bond donors (Lipinski definition) is 3. The van der Waals surface area contributed by atoms with E-state index < -0.39 is 29.8 Å². The lowest BCUT2D eigenvalue weighted by atomic mass is 9.93. The molecule has 22 heavy (non-hydrogen) atoms. The molecule has 0 saturated carbocycles. The van der Waals surface area contributed by atoms with Crippen LogP contribution in [0.1, 0.15) is 26.3 Å². The van der Waals surface area contributed by atoms with Crippen LogP contribution in [0.2, 0.25) is 0 Å². The zero-order chi connectivity index (χ0) is 16.9. The van der Waals surface area contributed by atoms with Gasteiger partial charge in [0.05, 0.1) is 11.2 Å². The fourth-order valence-corrected chi connectivity index (χ4v) is 1.91. The lowest BCUT2D eigenvalue weighted by Crippen LogP contribution is -2.51. The van der Waals surface area contributed by atoms with E-state index in [0.717, 1.165) is 0 Å². The number of nitrogens with two attached hydrogens (primary N) is 1. The summed E-state index contributed by atoms with van der Waals surface area (Å²) in [5, 5.41) is 19.2. The number of aliphatic hydroxyl groups is 1. The van der Waals surface area contributed by atoms with Gasteiger partial charge in [-0.3, -0.25) is 4.79 Å². The molecule has 6 heteroatoms. The van der Waals surface area contributed by atoms with Gasteiger partial charge in [-0.1, -0.05) is 30.3 Å². The summed E-state index contributed by atoms with van der Waals surface area (Å²) in [6, 6.07) is 6.91. The summed E-state index contributed by atoms with van der Waals surface area (Å²) in [7, 11) is 0. The van der Waals surface area contributed by atoms with Gasteiger partial charge in [-0.25, -0.2) is 4.79 Å². The second-order valence-electron chi connectivity index (χ2n) is 5.89. The lowest BCUT2D eigenvalue weighted by Gasteiger charge is -2.32. The number of carbonyl (C=O) groups excluding carboxylic acids is 1. The standard InChI is InChI=1S/C16H21NO5/c1-16(2,3)22-14(13(19)12(17)15(20)21)11(9-18)10-7-5-4-6-8-10/h4-8,12-14,19H,17H2,1-3H3,(H,20,21)/t12?,13-,14-/m0/s1. The van der Waals surface area contributed by atoms with E-state index in [1.165, 1.54) is 0 Å². The van der Waals surface area contributed by atoms with Crippen molar-refractivity contribution in [1.82, 2.24) is 0 Å². The van der Waals surface area contributed by atoms with Crippen molar-refractivity contribution in [2.24, 2.45) is 5.73 Å². The third-order valence-corrected chi connectivity index (χ3v) is 2.92. The van der Waals surface area contributed by atoms with Crippen molar-refractivity contribution in [3.8, 4) is 0 Å². The van der Waals surface area contributed by atoms with E-state index in [4.69, 9.17) is 15.6 Å². The van der Waals surface area contributed by atoms with E-state index >= 15 is 0 Å². The molecule has 120 valence electrons. The first-order chi connectivity index (χ1) is 10.2. The molecule has 1 aromatic rings. The van der Waals surface area contributed by atoms with Crippen LogP contribution in [0.5, 0.6) is 0 Å². The van der Waals surface area contributed by atoms with E-state index in [2.05, 4.69) is 0 Å². The van der Waals surface area contributed by atoms with Gasteiger partial charge in [0.25, 0.3) is 0 Å². The van der Waals surface area contributed by atoms with Crippen LogP contribution in [-0.4, -0.2) is 46.0 Å². The molecule has 0 aliphatic rings. The molecule has 0 heterocycles. The summed E-state index contributed by atoms with van der Waals surface area (Å²) in [6.07, 6.45) is -2.79. The molecule has 1 aromatic carbocycles. The van der Waals surface area contributed by atoms with Crippen LogP contribution in [-0.2, 0) is 14.3 Å². The molecule has 0 bridgehead atoms. The Bertz CT molecular complexity index is 558. The van der Waals surface area contributed by atoms with Gasteiger partial charge >= 0.3 is 5.97 Å². The van der Waals surface area contributed by atoms with E-state index in [0.29, 0.717) is 5.56 Å². The molecule has 0 fully saturated rings. The lowest BCUT2D eigenvalue weighted by molar-refractivity contribution is -0.146. The first-order valence-corrected chi connectivity index (χ1v) is 6.82. The average molecular weight is 307 g/mol. The first kappa shape index (κ1) is 18.1. The Kier molecular flexibility index (Phi) is 6.02. The molecule has 0 spiro atoms. The fourth-order valence-electron chi connectivity index (χ4n) is 1.91. The van der Waals surface area contributed by atoms with Crippen molar-refractivity contribution < 1.29 is 24.5 Å². The maximum absolute atomic E-state index is 11.4. The molecule has 1 rings (SSSR count). The van der Waals surface area contributed by atoms with Gasteiger partial charge in [0, 0.05) is 0 Å². The number of ether oxygens (including phenoxy) is 1. The number of aliphatic hydroxyl groups excluding tert-OH is 1. The number of aliphatic carboxylic acids is 1. The minimum Gasteiger partial charge on any atom is -0.480 e. The molecular formula is C16H21NO5. The smallest absolute Gasteiger partial charge is 0.323 e. The maximum atomic E-state index is 11.4. The van der Waals surface area contributed by atoms with E-state index in [1.807, 2.05) is 0 Å². The highest BCUT2D eigenvalue weighted by Gasteiger charge is 2.36. The Balaban J connectivity index is 3.25. The molecule has 0 radical (unpaired) electrons. The zero-order valence-electron chi connectivity index (χ0n) is 12.8. The number of carboxylic acids is 1. The Morgan fingerprint density at radius 2 is 1.82 bits per heavy atom. The van der Waals surface area contributed by atoms with Crippen molar-refractivity contribution in [2.75, 3.05) is 0 Å². The van der Waals surface area contributed by atoms with Crippen LogP contribution in [0.25, 0.3) is 5.57 Å². The quantitative estimate of drug-likeness (QED) is 0.672. The number of carboxylic acid groups (broad SMARTS) is 1. The van der Waals surface area contributed by atoms with Crippen molar-refractivity contribution in [3.63, 3.8) is 0 Å². The molecule has 0 amide bonds. The van der Waals surface area contributed by atoms with Crippen molar-refractivity contribution in [3.05, 3.63) is 35.9 Å². The van der Waals surface area contributed by atoms with E-state index in [-0.39, 0.29) is 5.57 Å². The topological polar surface area (TPSA) is 110 Å². The SMILES string of the molecule is CC(C)(C)O[C@@H](C(=C=O)c1ccccc1)[C@@H](O)C(N)C(=O)O. The van der Waals surface area contributed by atoms with Gasteiger partial charge in [0.1, 0.15) is 24.2 Å². The zero-order valence-corrected chi connectivity index (χ0v) is 12.8. The minimum atomic E-state index is -1.59. The van der Waals surface area contributed by atoms with E-state index in [1.54, 1.807) is 57.0 Å². The van der Waals surface area contributed by atoms with Crippen molar-refractivity contribution >= 4 is 17.5 Å². The summed E-state index contributed by atoms with van der Waals surface area (Å²) in [5.74, 6) is 0.368. The maximum Gasteiger partial charge on any atom is 0.323 e. The monoisotopic (exact) mass is 307 g/mol. The van der Waals surface area contributed by atoms with Crippen LogP contribution >= 0.6 is 0 Å². The summed E-state index contributed by atoms with van der Waals surface area (Å²) in [6.45, 7) is 5.19. The molecule has 3 atom stereocenters. The summed E-state index contributed by atoms with van der Waals surface area (Å²) >= 11 is 0. The van der Waals surface area contributed by atoms with Crippen LogP contribution in [0.15, 0.2) is 30.3 Å². The van der Waals surface area contributed by atoms with Gasteiger partial charge in [-0.2, -0.15) is 0 Å². The highest BCUT2D eigenvalue weighted by Crippen LogP contribution is 2.26. The summed E-state index contributed by atoms with van der Waals surface area (Å²) in [5.41, 5.74) is 5.27. The van der Waals surface area contributed by atoms with Gasteiger partial charge in [0.15, 0.2) is 0 Å². The summed E-state index contributed by atoms with van der Waals surface area (Å²) < 4.78 is 5.69. The average Bonchev–Trinajstić information content (AvgIpc) is 2.45. The fraction of sp³-hybridized carbons (Fsp3) is 0.438. The molecule has 0 saturated heterocycles. The predicted molar refractivity (Wildman–Crippen MR) is 81.8 cm³/mol. The second-order valence-corrected chi connectivity index (χ2v) is 5.89. The third kappa shape index (κ3) is 4.79. The first-order valence-electron chi connectivity index (χ1n) is 6.82. The third-order valence-electron chi connectivity index (χ3n) is 2.92. The Morgan fingerprint density at radius 1 is 1.27 bits per heavy atom. The molecule has 0 aliphatic heterocycles. The van der Waals surface area contributed by atoms with Crippen molar-refractivity contribution in [2.45, 2.75) is 44.6 Å². The van der Waals surface area contributed by atoms with Gasteiger partial charge in [-0.05, 0) is 26.3 Å². The predicted octanol–water partition coefficient (Wildman–Crippen LogP) is 0.858. The van der Waals surface area contributed by atoms with Crippen LogP contribution in [0.4, 0.5) is 0 Å². The molecule has 0 aliphatic carbocycles. The Hall–Kier alpha value is -1.98. The Labute approximate surface area is 129 Å². The number of carbonyl (C=O) groups is 1. The normalized spacial score (nSPS) is 15.5. The highest BCUT2D eigenvalue weighted by atomic mass is 16.5. The number of hydrogen-bond acceptors (Lipinski definition) is 5. The van der Waals surface area contributed by atoms with Crippen LogP contribution < -0.4 is 5.73 Å². The molecule has 6 nitrogen and oxygen atoms in total. The minimum absolute atomic E-state index is 0.0275. The molecule has 4 N–H and O–H groups in total. The second kappa shape index (κ2) is 7.33.